The Hall–Kier alpha value is -0.100. The highest BCUT2D eigenvalue weighted by Crippen LogP contribution is 1.98. The van der Waals surface area contributed by atoms with Crippen molar-refractivity contribution in [2.45, 2.75) is 18.6 Å². The molecule has 2 unspecified atom stereocenters. The molecule has 4 nitrogen and oxygen atoms in total. The van der Waals surface area contributed by atoms with Crippen molar-refractivity contribution in [2.75, 3.05) is 12.4 Å². The van der Waals surface area contributed by atoms with Crippen LogP contribution in [0.1, 0.15) is 6.42 Å². The van der Waals surface area contributed by atoms with E-state index in [1.54, 1.807) is 0 Å². The van der Waals surface area contributed by atoms with Crippen LogP contribution < -0.4 is 0 Å². The van der Waals surface area contributed by atoms with Crippen molar-refractivity contribution >= 4 is 18.4 Å². The number of carbonyl (C=O) groups excluding carboxylic acids is 1. The van der Waals surface area contributed by atoms with Crippen molar-refractivity contribution in [1.82, 2.24) is 0 Å². The topological polar surface area (TPSA) is 77.8 Å². The summed E-state index contributed by atoms with van der Waals surface area (Å²) in [6.45, 7) is -0.612. The van der Waals surface area contributed by atoms with Gasteiger partial charge in [0.2, 0.25) is 0 Å². The van der Waals surface area contributed by atoms with Crippen LogP contribution in [0.5, 0.6) is 0 Å². The number of hydrogen-bond donors (Lipinski definition) is 4. The van der Waals surface area contributed by atoms with Gasteiger partial charge < -0.3 is 15.3 Å². The molecule has 0 aromatic rings. The zero-order valence-corrected chi connectivity index (χ0v) is 6.87. The lowest BCUT2D eigenvalue weighted by atomic mass is 10.1. The molecule has 0 fully saturated rings. The van der Waals surface area contributed by atoms with Gasteiger partial charge in [0.25, 0.3) is 0 Å². The molecule has 0 amide bonds. The smallest absolute Gasteiger partial charge is 0.164 e. The van der Waals surface area contributed by atoms with E-state index in [1.165, 1.54) is 0 Å². The van der Waals surface area contributed by atoms with Crippen molar-refractivity contribution in [3.05, 3.63) is 0 Å². The van der Waals surface area contributed by atoms with E-state index >= 15 is 0 Å². The number of carbonyl (C=O) groups is 1. The molecular weight excluding hydrogens is 168 g/mol. The summed E-state index contributed by atoms with van der Waals surface area (Å²) in [5, 5.41) is 26.0. The highest BCUT2D eigenvalue weighted by molar-refractivity contribution is 7.80. The van der Waals surface area contributed by atoms with Crippen LogP contribution in [-0.2, 0) is 4.79 Å². The molecule has 5 heteroatoms. The van der Waals surface area contributed by atoms with E-state index in [-0.39, 0.29) is 6.42 Å². The van der Waals surface area contributed by atoms with E-state index < -0.39 is 24.6 Å². The Morgan fingerprint density at radius 3 is 2.36 bits per heavy atom. The van der Waals surface area contributed by atoms with Crippen molar-refractivity contribution in [3.8, 4) is 0 Å². The maximum atomic E-state index is 10.8. The van der Waals surface area contributed by atoms with Gasteiger partial charge >= 0.3 is 0 Å². The maximum absolute atomic E-state index is 10.8. The van der Waals surface area contributed by atoms with E-state index in [2.05, 4.69) is 12.6 Å². The van der Waals surface area contributed by atoms with Crippen molar-refractivity contribution in [2.24, 2.45) is 0 Å². The molecule has 0 spiro atoms. The standard InChI is InChI=1S/C6H12O4S/c7-3-5(9)6(10)4(8)1-2-11/h5-7,9-11H,1-3H2. The number of aliphatic hydroxyl groups is 3. The van der Waals surface area contributed by atoms with Gasteiger partial charge in [0.15, 0.2) is 5.78 Å². The maximum Gasteiger partial charge on any atom is 0.164 e. The number of aliphatic hydroxyl groups excluding tert-OH is 3. The SMILES string of the molecule is O=C(CCS)C(O)C(O)CO. The number of ketones is 1. The molecule has 0 heterocycles. The second kappa shape index (κ2) is 5.54. The minimum absolute atomic E-state index is 0.0985. The molecule has 11 heavy (non-hydrogen) atoms. The summed E-state index contributed by atoms with van der Waals surface area (Å²) in [6.07, 6.45) is -2.75. The Bertz CT molecular complexity index is 128. The third kappa shape index (κ3) is 3.71. The van der Waals surface area contributed by atoms with Gasteiger partial charge in [-0.2, -0.15) is 12.6 Å². The Morgan fingerprint density at radius 2 is 2.00 bits per heavy atom. The van der Waals surface area contributed by atoms with Crippen LogP contribution in [0.15, 0.2) is 0 Å². The molecular formula is C6H12O4S. The summed E-state index contributed by atoms with van der Waals surface area (Å²) in [7, 11) is 0. The minimum Gasteiger partial charge on any atom is -0.394 e. The summed E-state index contributed by atoms with van der Waals surface area (Å²) in [6, 6.07) is 0. The fourth-order valence-corrected chi connectivity index (χ4v) is 0.793. The molecule has 0 saturated carbocycles. The molecule has 0 bridgehead atoms. The van der Waals surface area contributed by atoms with Gasteiger partial charge in [0.1, 0.15) is 12.2 Å². The van der Waals surface area contributed by atoms with E-state index in [0.29, 0.717) is 5.75 Å². The van der Waals surface area contributed by atoms with E-state index in [9.17, 15) is 4.79 Å². The Balaban J connectivity index is 3.80. The van der Waals surface area contributed by atoms with Crippen LogP contribution in [0.3, 0.4) is 0 Å². The van der Waals surface area contributed by atoms with E-state index in [4.69, 9.17) is 15.3 Å². The van der Waals surface area contributed by atoms with Crippen LogP contribution >= 0.6 is 12.6 Å². The Kier molecular flexibility index (Phi) is 5.49. The summed E-state index contributed by atoms with van der Waals surface area (Å²) in [5.74, 6) is -0.171. The number of rotatable bonds is 5. The predicted molar refractivity (Wildman–Crippen MR) is 42.6 cm³/mol. The lowest BCUT2D eigenvalue weighted by Gasteiger charge is -2.12. The fourth-order valence-electron chi connectivity index (χ4n) is 0.573. The summed E-state index contributed by atoms with van der Waals surface area (Å²) in [4.78, 5) is 10.8. The first kappa shape index (κ1) is 10.9. The van der Waals surface area contributed by atoms with Gasteiger partial charge in [0.05, 0.1) is 6.61 Å². The molecule has 0 aromatic heterocycles. The average molecular weight is 180 g/mol. The third-order valence-corrected chi connectivity index (χ3v) is 1.46. The lowest BCUT2D eigenvalue weighted by molar-refractivity contribution is -0.134. The second-order valence-corrected chi connectivity index (χ2v) is 2.58. The van der Waals surface area contributed by atoms with Crippen LogP contribution in [0.4, 0.5) is 0 Å². The largest absolute Gasteiger partial charge is 0.394 e. The monoisotopic (exact) mass is 180 g/mol. The van der Waals surface area contributed by atoms with E-state index in [1.807, 2.05) is 0 Å². The van der Waals surface area contributed by atoms with Gasteiger partial charge in [-0.25, -0.2) is 0 Å². The lowest BCUT2D eigenvalue weighted by Crippen LogP contribution is -2.36. The number of thiol groups is 1. The highest BCUT2D eigenvalue weighted by Gasteiger charge is 2.21. The molecule has 0 aliphatic carbocycles. The highest BCUT2D eigenvalue weighted by atomic mass is 32.1. The Labute approximate surface area is 70.3 Å². The fraction of sp³-hybridized carbons (Fsp3) is 0.833. The van der Waals surface area contributed by atoms with Crippen molar-refractivity contribution < 1.29 is 20.1 Å². The normalized spacial score (nSPS) is 16.0. The van der Waals surface area contributed by atoms with Gasteiger partial charge in [-0.3, -0.25) is 4.79 Å². The predicted octanol–water partition coefficient (Wildman–Crippen LogP) is -1.41. The van der Waals surface area contributed by atoms with Gasteiger partial charge in [-0.05, 0) is 5.75 Å². The molecule has 3 N–H and O–H groups in total. The van der Waals surface area contributed by atoms with Gasteiger partial charge in [-0.15, -0.1) is 0 Å². The molecule has 2 atom stereocenters. The zero-order chi connectivity index (χ0) is 8.85. The molecule has 0 aliphatic rings. The quantitative estimate of drug-likeness (QED) is 0.392. The van der Waals surface area contributed by atoms with Gasteiger partial charge in [-0.1, -0.05) is 0 Å². The number of hydrogen-bond acceptors (Lipinski definition) is 5. The summed E-state index contributed by atoms with van der Waals surface area (Å²) in [5.41, 5.74) is 0. The first-order valence-electron chi connectivity index (χ1n) is 3.24. The summed E-state index contributed by atoms with van der Waals surface area (Å²) < 4.78 is 0. The van der Waals surface area contributed by atoms with Crippen LogP contribution in [0, 0.1) is 0 Å². The molecule has 0 aromatic carbocycles. The van der Waals surface area contributed by atoms with Crippen LogP contribution in [-0.4, -0.2) is 45.7 Å². The third-order valence-electron chi connectivity index (χ3n) is 1.24. The molecule has 66 valence electrons. The first-order chi connectivity index (χ1) is 5.13. The van der Waals surface area contributed by atoms with Crippen LogP contribution in [0.25, 0.3) is 0 Å². The van der Waals surface area contributed by atoms with Crippen LogP contribution in [0.2, 0.25) is 0 Å². The second-order valence-electron chi connectivity index (χ2n) is 2.13. The average Bonchev–Trinajstić information content (AvgIpc) is 2.02. The first-order valence-corrected chi connectivity index (χ1v) is 3.87. The Morgan fingerprint density at radius 1 is 1.45 bits per heavy atom. The molecule has 0 saturated heterocycles. The molecule has 0 rings (SSSR count). The minimum atomic E-state index is -1.48. The van der Waals surface area contributed by atoms with Crippen molar-refractivity contribution in [3.63, 3.8) is 0 Å². The number of Topliss-reactive ketones (excluding diaryl/α,β-unsaturated/α-hetero) is 1. The molecule has 0 aliphatic heterocycles. The summed E-state index contributed by atoms with van der Waals surface area (Å²) >= 11 is 3.78. The molecule has 0 radical (unpaired) electrons. The van der Waals surface area contributed by atoms with Crippen molar-refractivity contribution in [1.29, 1.82) is 0 Å². The zero-order valence-electron chi connectivity index (χ0n) is 5.97. The van der Waals surface area contributed by atoms with E-state index in [0.717, 1.165) is 0 Å². The van der Waals surface area contributed by atoms with Gasteiger partial charge in [0, 0.05) is 6.42 Å².